The minimum Gasteiger partial charge on any atom is -0.360 e. The van der Waals surface area contributed by atoms with Crippen molar-refractivity contribution in [2.24, 2.45) is 7.05 Å². The average molecular weight is 399 g/mol. The maximum Gasteiger partial charge on any atom is 0.260 e. The molecular formula is C21H23ClN4O2. The highest BCUT2D eigenvalue weighted by Crippen LogP contribution is 2.35. The highest BCUT2D eigenvalue weighted by atomic mass is 35.5. The summed E-state index contributed by atoms with van der Waals surface area (Å²) in [5.41, 5.74) is 2.60. The molecule has 4 rings (SSSR count). The molecule has 0 saturated carbocycles. The van der Waals surface area contributed by atoms with Crippen molar-refractivity contribution in [2.75, 3.05) is 6.54 Å². The zero-order valence-electron chi connectivity index (χ0n) is 16.1. The quantitative estimate of drug-likeness (QED) is 0.636. The summed E-state index contributed by atoms with van der Waals surface area (Å²) >= 11 is 6.36. The van der Waals surface area contributed by atoms with Crippen LogP contribution in [0.25, 0.3) is 11.3 Å². The first kappa shape index (κ1) is 18.7. The third-order valence-corrected chi connectivity index (χ3v) is 5.62. The van der Waals surface area contributed by atoms with Crippen LogP contribution in [0.3, 0.4) is 0 Å². The molecule has 1 aromatic carbocycles. The summed E-state index contributed by atoms with van der Waals surface area (Å²) in [7, 11) is 1.89. The maximum atomic E-state index is 13.7. The first-order chi connectivity index (χ1) is 13.6. The molecule has 0 spiro atoms. The predicted molar refractivity (Wildman–Crippen MR) is 107 cm³/mol. The lowest BCUT2D eigenvalue weighted by molar-refractivity contribution is 0.0675. The van der Waals surface area contributed by atoms with Crippen LogP contribution in [0.15, 0.2) is 41.1 Å². The summed E-state index contributed by atoms with van der Waals surface area (Å²) in [6.07, 6.45) is 5.97. The summed E-state index contributed by atoms with van der Waals surface area (Å²) < 4.78 is 7.20. The van der Waals surface area contributed by atoms with E-state index in [4.69, 9.17) is 16.1 Å². The van der Waals surface area contributed by atoms with Gasteiger partial charge in [0.2, 0.25) is 0 Å². The highest BCUT2D eigenvalue weighted by molar-refractivity contribution is 6.33. The Morgan fingerprint density at radius 2 is 2.04 bits per heavy atom. The molecule has 0 aliphatic carbocycles. The standard InChI is InChI=1S/C21H23ClN4O2/c1-14-19(20(24-28-14)15-8-5-6-9-16(15)22)21(27)26-12-7-3-4-10-18(26)17-11-13-25(2)23-17/h5-6,8-9,11,13,18H,3-4,7,10,12H2,1-2H3/t18-/m1/s1. The molecule has 1 atom stereocenters. The zero-order chi connectivity index (χ0) is 19.7. The normalized spacial score (nSPS) is 17.5. The molecular weight excluding hydrogens is 376 g/mol. The molecule has 1 aliphatic heterocycles. The van der Waals surface area contributed by atoms with E-state index in [0.717, 1.165) is 31.4 Å². The van der Waals surface area contributed by atoms with E-state index in [1.165, 1.54) is 0 Å². The zero-order valence-corrected chi connectivity index (χ0v) is 16.8. The molecule has 0 bridgehead atoms. The molecule has 2 aromatic heterocycles. The predicted octanol–water partition coefficient (Wildman–Crippen LogP) is 4.79. The monoisotopic (exact) mass is 398 g/mol. The van der Waals surface area contributed by atoms with Crippen LogP contribution in [0, 0.1) is 6.92 Å². The van der Waals surface area contributed by atoms with Crippen LogP contribution in [0.5, 0.6) is 0 Å². The molecule has 0 radical (unpaired) electrons. The molecule has 146 valence electrons. The van der Waals surface area contributed by atoms with E-state index in [1.54, 1.807) is 17.7 Å². The lowest BCUT2D eigenvalue weighted by atomic mass is 10.0. The number of nitrogens with zero attached hydrogens (tertiary/aromatic N) is 4. The van der Waals surface area contributed by atoms with Gasteiger partial charge in [0.1, 0.15) is 17.0 Å². The second-order valence-electron chi connectivity index (χ2n) is 7.22. The Kier molecular flexibility index (Phi) is 5.22. The molecule has 0 unspecified atom stereocenters. The molecule has 3 heterocycles. The van der Waals surface area contributed by atoms with Crippen molar-refractivity contribution >= 4 is 17.5 Å². The molecule has 1 amide bonds. The summed E-state index contributed by atoms with van der Waals surface area (Å²) in [4.78, 5) is 15.6. The van der Waals surface area contributed by atoms with Gasteiger partial charge in [0.25, 0.3) is 5.91 Å². The third kappa shape index (κ3) is 3.44. The van der Waals surface area contributed by atoms with E-state index in [1.807, 2.05) is 42.4 Å². The van der Waals surface area contributed by atoms with Crippen LogP contribution in [-0.4, -0.2) is 32.3 Å². The van der Waals surface area contributed by atoms with Crippen molar-refractivity contribution < 1.29 is 9.32 Å². The molecule has 1 saturated heterocycles. The fraction of sp³-hybridized carbons (Fsp3) is 0.381. The van der Waals surface area contributed by atoms with Crippen LogP contribution in [-0.2, 0) is 7.05 Å². The van der Waals surface area contributed by atoms with Gasteiger partial charge in [-0.2, -0.15) is 5.10 Å². The Labute approximate surface area is 169 Å². The van der Waals surface area contributed by atoms with Crippen LogP contribution in [0.4, 0.5) is 0 Å². The van der Waals surface area contributed by atoms with Gasteiger partial charge in [-0.1, -0.05) is 47.8 Å². The van der Waals surface area contributed by atoms with E-state index in [9.17, 15) is 4.79 Å². The number of rotatable bonds is 3. The van der Waals surface area contributed by atoms with E-state index < -0.39 is 0 Å². The minimum atomic E-state index is -0.0776. The van der Waals surface area contributed by atoms with Crippen LogP contribution in [0.2, 0.25) is 5.02 Å². The van der Waals surface area contributed by atoms with Gasteiger partial charge in [-0.05, 0) is 31.9 Å². The SMILES string of the molecule is Cc1onc(-c2ccccc2Cl)c1C(=O)N1CCCCC[C@@H]1c1ccn(C)n1. The van der Waals surface area contributed by atoms with Gasteiger partial charge in [-0.3, -0.25) is 9.48 Å². The molecule has 1 aliphatic rings. The number of carbonyl (C=O) groups excluding carboxylic acids is 1. The van der Waals surface area contributed by atoms with Crippen LogP contribution < -0.4 is 0 Å². The van der Waals surface area contributed by atoms with Crippen molar-refractivity contribution in [1.82, 2.24) is 19.8 Å². The number of benzene rings is 1. The second kappa shape index (κ2) is 7.80. The van der Waals surface area contributed by atoms with Crippen molar-refractivity contribution in [3.05, 3.63) is 58.6 Å². The van der Waals surface area contributed by atoms with E-state index in [0.29, 0.717) is 34.1 Å². The fourth-order valence-electron chi connectivity index (χ4n) is 3.87. The summed E-state index contributed by atoms with van der Waals surface area (Å²) in [5.74, 6) is 0.426. The van der Waals surface area contributed by atoms with Gasteiger partial charge in [0.05, 0.1) is 16.8 Å². The smallest absolute Gasteiger partial charge is 0.260 e. The molecule has 3 aromatic rings. The maximum absolute atomic E-state index is 13.7. The molecule has 28 heavy (non-hydrogen) atoms. The van der Waals surface area contributed by atoms with Crippen molar-refractivity contribution in [3.63, 3.8) is 0 Å². The summed E-state index contributed by atoms with van der Waals surface area (Å²) in [5, 5.41) is 9.27. The number of likely N-dealkylation sites (tertiary alicyclic amines) is 1. The van der Waals surface area contributed by atoms with E-state index in [-0.39, 0.29) is 11.9 Å². The first-order valence-corrected chi connectivity index (χ1v) is 9.95. The van der Waals surface area contributed by atoms with Gasteiger partial charge < -0.3 is 9.42 Å². The van der Waals surface area contributed by atoms with Crippen molar-refractivity contribution in [2.45, 2.75) is 38.6 Å². The molecule has 1 fully saturated rings. The summed E-state index contributed by atoms with van der Waals surface area (Å²) in [6.45, 7) is 2.46. The Bertz CT molecular complexity index is 994. The largest absolute Gasteiger partial charge is 0.360 e. The van der Waals surface area contributed by atoms with Crippen molar-refractivity contribution in [3.8, 4) is 11.3 Å². The highest BCUT2D eigenvalue weighted by Gasteiger charge is 2.33. The first-order valence-electron chi connectivity index (χ1n) is 9.58. The van der Waals surface area contributed by atoms with E-state index in [2.05, 4.69) is 10.3 Å². The molecule has 0 N–H and O–H groups in total. The van der Waals surface area contributed by atoms with Gasteiger partial charge in [0, 0.05) is 25.4 Å². The van der Waals surface area contributed by atoms with Gasteiger partial charge >= 0.3 is 0 Å². The lowest BCUT2D eigenvalue weighted by Crippen LogP contribution is -2.35. The lowest BCUT2D eigenvalue weighted by Gasteiger charge is -2.29. The number of halogens is 1. The molecule has 6 nitrogen and oxygen atoms in total. The fourth-order valence-corrected chi connectivity index (χ4v) is 4.10. The average Bonchev–Trinajstić information content (AvgIpc) is 3.19. The summed E-state index contributed by atoms with van der Waals surface area (Å²) in [6, 6.07) is 9.32. The second-order valence-corrected chi connectivity index (χ2v) is 7.63. The Morgan fingerprint density at radius 1 is 1.21 bits per heavy atom. The van der Waals surface area contributed by atoms with Gasteiger partial charge in [0.15, 0.2) is 0 Å². The number of carbonyl (C=O) groups is 1. The minimum absolute atomic E-state index is 0.0513. The van der Waals surface area contributed by atoms with Crippen LogP contribution in [0.1, 0.15) is 53.5 Å². The number of aromatic nitrogens is 3. The molecule has 7 heteroatoms. The third-order valence-electron chi connectivity index (χ3n) is 5.29. The van der Waals surface area contributed by atoms with Crippen molar-refractivity contribution in [1.29, 1.82) is 0 Å². The topological polar surface area (TPSA) is 64.2 Å². The number of aryl methyl sites for hydroxylation is 2. The Balaban J connectivity index is 1.75. The number of hydrogen-bond donors (Lipinski definition) is 0. The van der Waals surface area contributed by atoms with Gasteiger partial charge in [-0.15, -0.1) is 0 Å². The number of hydrogen-bond acceptors (Lipinski definition) is 4. The van der Waals surface area contributed by atoms with E-state index >= 15 is 0 Å². The van der Waals surface area contributed by atoms with Gasteiger partial charge in [-0.25, -0.2) is 0 Å². The Hall–Kier alpha value is -2.60. The van der Waals surface area contributed by atoms with Crippen LogP contribution >= 0.6 is 11.6 Å². The Morgan fingerprint density at radius 3 is 2.79 bits per heavy atom. The number of amides is 1.